The number of hydrogen-bond acceptors (Lipinski definition) is 6. The van der Waals surface area contributed by atoms with Gasteiger partial charge >= 0.3 is 0 Å². The average molecular weight is 482 g/mol. The summed E-state index contributed by atoms with van der Waals surface area (Å²) in [5.41, 5.74) is 2.27. The smallest absolute Gasteiger partial charge is 0.251 e. The molecular formula is C21H27N3O6S2. The van der Waals surface area contributed by atoms with Crippen molar-refractivity contribution in [3.05, 3.63) is 59.2 Å². The predicted molar refractivity (Wildman–Crippen MR) is 121 cm³/mol. The number of hydrogen-bond donors (Lipinski definition) is 1. The lowest BCUT2D eigenvalue weighted by Gasteiger charge is -2.28. The lowest BCUT2D eigenvalue weighted by atomic mass is 10.0. The minimum absolute atomic E-state index is 0.0507. The minimum atomic E-state index is -3.58. The van der Waals surface area contributed by atoms with Crippen molar-refractivity contribution in [2.75, 3.05) is 40.0 Å². The van der Waals surface area contributed by atoms with Crippen LogP contribution < -0.4 is 10.1 Å². The van der Waals surface area contributed by atoms with Crippen LogP contribution in [0, 0.1) is 0 Å². The van der Waals surface area contributed by atoms with Gasteiger partial charge in [0.15, 0.2) is 0 Å². The Hall–Kier alpha value is -2.47. The van der Waals surface area contributed by atoms with E-state index in [4.69, 9.17) is 4.74 Å². The Bertz CT molecular complexity index is 1190. The fraction of sp³-hybridized carbons (Fsp3) is 0.381. The highest BCUT2D eigenvalue weighted by molar-refractivity contribution is 7.89. The molecule has 1 N–H and O–H groups in total. The van der Waals surface area contributed by atoms with E-state index < -0.39 is 26.0 Å². The molecule has 2 aromatic carbocycles. The third-order valence-electron chi connectivity index (χ3n) is 5.32. The van der Waals surface area contributed by atoms with E-state index in [0.29, 0.717) is 13.0 Å². The first kappa shape index (κ1) is 24.2. The van der Waals surface area contributed by atoms with Crippen LogP contribution in [-0.2, 0) is 33.0 Å². The number of nitrogens with zero attached hydrogens (tertiary/aromatic N) is 2. The first-order chi connectivity index (χ1) is 15.0. The monoisotopic (exact) mass is 481 g/mol. The zero-order chi connectivity index (χ0) is 23.5. The summed E-state index contributed by atoms with van der Waals surface area (Å²) in [6.07, 6.45) is 0.598. The number of fused-ring (bicyclic) bond motifs is 1. The molecule has 32 heavy (non-hydrogen) atoms. The first-order valence-corrected chi connectivity index (χ1v) is 13.0. The Labute approximate surface area is 189 Å². The van der Waals surface area contributed by atoms with E-state index in [1.54, 1.807) is 7.11 Å². The molecule has 0 saturated heterocycles. The van der Waals surface area contributed by atoms with Crippen molar-refractivity contribution in [3.8, 4) is 5.75 Å². The highest BCUT2D eigenvalue weighted by atomic mass is 32.2. The van der Waals surface area contributed by atoms with Gasteiger partial charge in [-0.15, -0.1) is 0 Å². The summed E-state index contributed by atoms with van der Waals surface area (Å²) in [6.45, 7) is 0.612. The number of benzene rings is 2. The van der Waals surface area contributed by atoms with Crippen LogP contribution in [-0.4, -0.2) is 71.4 Å². The standard InChI is InChI=1S/C21H27N3O6S2/c1-23(2)32(28,29)20-8-5-16(6-9-20)21(25)22-11-13-31(26,27)24-12-10-17-14-19(30-3)7-4-18(17)15-24/h4-9,14H,10-13,15H2,1-3H3,(H,22,25). The molecule has 2 aromatic rings. The molecular weight excluding hydrogens is 454 g/mol. The Morgan fingerprint density at radius 3 is 2.38 bits per heavy atom. The third-order valence-corrected chi connectivity index (χ3v) is 8.97. The van der Waals surface area contributed by atoms with E-state index in [9.17, 15) is 21.6 Å². The molecule has 0 aliphatic carbocycles. The summed E-state index contributed by atoms with van der Waals surface area (Å²) < 4.78 is 57.4. The van der Waals surface area contributed by atoms with Gasteiger partial charge in [-0.2, -0.15) is 4.31 Å². The number of sulfonamides is 2. The van der Waals surface area contributed by atoms with Crippen molar-refractivity contribution in [1.82, 2.24) is 13.9 Å². The molecule has 11 heteroatoms. The normalized spacial score (nSPS) is 14.8. The van der Waals surface area contributed by atoms with E-state index in [2.05, 4.69) is 5.32 Å². The highest BCUT2D eigenvalue weighted by Gasteiger charge is 2.27. The molecule has 0 radical (unpaired) electrons. The second-order valence-corrected chi connectivity index (χ2v) is 11.8. The SMILES string of the molecule is COc1ccc2c(c1)CCN(S(=O)(=O)CCNC(=O)c1ccc(S(=O)(=O)N(C)C)cc1)C2. The number of amides is 1. The minimum Gasteiger partial charge on any atom is -0.497 e. The summed E-state index contributed by atoms with van der Waals surface area (Å²) in [7, 11) is -2.69. The largest absolute Gasteiger partial charge is 0.497 e. The molecule has 1 amide bonds. The molecule has 0 unspecified atom stereocenters. The Morgan fingerprint density at radius 2 is 1.75 bits per heavy atom. The van der Waals surface area contributed by atoms with Crippen LogP contribution in [0.5, 0.6) is 5.75 Å². The number of nitrogens with one attached hydrogen (secondary N) is 1. The van der Waals surface area contributed by atoms with Crippen molar-refractivity contribution < 1.29 is 26.4 Å². The maximum atomic E-state index is 12.7. The van der Waals surface area contributed by atoms with E-state index in [1.807, 2.05) is 18.2 Å². The fourth-order valence-electron chi connectivity index (χ4n) is 3.38. The fourth-order valence-corrected chi connectivity index (χ4v) is 5.61. The quantitative estimate of drug-likeness (QED) is 0.603. The molecule has 0 bridgehead atoms. The van der Waals surface area contributed by atoms with Gasteiger partial charge in [-0.1, -0.05) is 6.07 Å². The number of carbonyl (C=O) groups excluding carboxylic acids is 1. The van der Waals surface area contributed by atoms with E-state index in [0.717, 1.165) is 21.2 Å². The molecule has 0 atom stereocenters. The van der Waals surface area contributed by atoms with E-state index >= 15 is 0 Å². The van der Waals surface area contributed by atoms with Gasteiger partial charge in [0, 0.05) is 39.3 Å². The average Bonchev–Trinajstić information content (AvgIpc) is 2.78. The molecule has 0 fully saturated rings. The summed E-state index contributed by atoms with van der Waals surface area (Å²) in [6, 6.07) is 11.1. The van der Waals surface area contributed by atoms with Crippen LogP contribution in [0.3, 0.4) is 0 Å². The first-order valence-electron chi connectivity index (χ1n) is 9.99. The van der Waals surface area contributed by atoms with Crippen LogP contribution in [0.1, 0.15) is 21.5 Å². The topological polar surface area (TPSA) is 113 Å². The Morgan fingerprint density at radius 1 is 1.06 bits per heavy atom. The van der Waals surface area contributed by atoms with Gasteiger partial charge in [-0.05, 0) is 53.9 Å². The Kier molecular flexibility index (Phi) is 7.23. The summed E-state index contributed by atoms with van der Waals surface area (Å²) >= 11 is 0. The number of methoxy groups -OCH3 is 1. The van der Waals surface area contributed by atoms with Gasteiger partial charge in [0.25, 0.3) is 5.91 Å². The van der Waals surface area contributed by atoms with Gasteiger partial charge in [0.2, 0.25) is 20.0 Å². The highest BCUT2D eigenvalue weighted by Crippen LogP contribution is 2.25. The second-order valence-electron chi connectivity index (χ2n) is 7.60. The molecule has 0 spiro atoms. The van der Waals surface area contributed by atoms with Gasteiger partial charge < -0.3 is 10.1 Å². The second kappa shape index (κ2) is 9.57. The van der Waals surface area contributed by atoms with E-state index in [1.165, 1.54) is 42.7 Å². The molecule has 1 heterocycles. The number of rotatable bonds is 8. The van der Waals surface area contributed by atoms with Gasteiger partial charge in [-0.3, -0.25) is 4.79 Å². The maximum Gasteiger partial charge on any atom is 0.251 e. The van der Waals surface area contributed by atoms with Crippen molar-refractivity contribution >= 4 is 26.0 Å². The lowest BCUT2D eigenvalue weighted by molar-refractivity contribution is 0.0956. The summed E-state index contributed by atoms with van der Waals surface area (Å²) in [4.78, 5) is 12.4. The summed E-state index contributed by atoms with van der Waals surface area (Å²) in [5, 5.41) is 2.59. The molecule has 1 aliphatic rings. The molecule has 0 saturated carbocycles. The van der Waals surface area contributed by atoms with Crippen molar-refractivity contribution in [2.24, 2.45) is 0 Å². The van der Waals surface area contributed by atoms with Crippen molar-refractivity contribution in [3.63, 3.8) is 0 Å². The maximum absolute atomic E-state index is 12.7. The summed E-state index contributed by atoms with van der Waals surface area (Å²) in [5.74, 6) is 0.0531. The van der Waals surface area contributed by atoms with Gasteiger partial charge in [0.1, 0.15) is 5.75 Å². The van der Waals surface area contributed by atoms with Crippen LogP contribution in [0.2, 0.25) is 0 Å². The Balaban J connectivity index is 1.57. The van der Waals surface area contributed by atoms with Crippen LogP contribution in [0.25, 0.3) is 0 Å². The zero-order valence-electron chi connectivity index (χ0n) is 18.2. The molecule has 0 aromatic heterocycles. The zero-order valence-corrected chi connectivity index (χ0v) is 19.9. The molecule has 3 rings (SSSR count). The third kappa shape index (κ3) is 5.29. The molecule has 9 nitrogen and oxygen atoms in total. The van der Waals surface area contributed by atoms with Crippen molar-refractivity contribution in [1.29, 1.82) is 0 Å². The molecule has 174 valence electrons. The van der Waals surface area contributed by atoms with Crippen LogP contribution in [0.15, 0.2) is 47.4 Å². The predicted octanol–water partition coefficient (Wildman–Crippen LogP) is 1.06. The molecule has 1 aliphatic heterocycles. The van der Waals surface area contributed by atoms with Gasteiger partial charge in [0.05, 0.1) is 17.8 Å². The van der Waals surface area contributed by atoms with Gasteiger partial charge in [-0.25, -0.2) is 21.1 Å². The number of ether oxygens (including phenoxy) is 1. The van der Waals surface area contributed by atoms with E-state index in [-0.39, 0.29) is 29.3 Å². The number of carbonyl (C=O) groups is 1. The van der Waals surface area contributed by atoms with Crippen LogP contribution >= 0.6 is 0 Å². The van der Waals surface area contributed by atoms with Crippen LogP contribution in [0.4, 0.5) is 0 Å². The van der Waals surface area contributed by atoms with Crippen molar-refractivity contribution in [2.45, 2.75) is 17.9 Å². The lowest BCUT2D eigenvalue weighted by Crippen LogP contribution is -2.40.